The SMILES string of the molecule is F[B-](F)(F)Cc1nc2ccccc2s1. The lowest BCUT2D eigenvalue weighted by atomic mass is 9.87. The van der Waals surface area contributed by atoms with Crippen molar-refractivity contribution in [2.45, 2.75) is 6.32 Å². The third-order valence-corrected chi connectivity index (χ3v) is 2.80. The summed E-state index contributed by atoms with van der Waals surface area (Å²) in [5.74, 6) is 0. The monoisotopic (exact) mass is 216 g/mol. The topological polar surface area (TPSA) is 12.9 Å². The van der Waals surface area contributed by atoms with E-state index < -0.39 is 13.3 Å². The van der Waals surface area contributed by atoms with Crippen molar-refractivity contribution in [3.63, 3.8) is 0 Å². The highest BCUT2D eigenvalue weighted by Crippen LogP contribution is 2.25. The molecule has 0 aliphatic heterocycles. The molecule has 0 saturated carbocycles. The molecule has 0 spiro atoms. The minimum atomic E-state index is -4.78. The normalized spacial score (nSPS) is 12.2. The van der Waals surface area contributed by atoms with E-state index >= 15 is 0 Å². The van der Waals surface area contributed by atoms with Gasteiger partial charge in [-0.05, 0) is 18.5 Å². The number of hydrogen-bond donors (Lipinski definition) is 0. The molecule has 14 heavy (non-hydrogen) atoms. The molecule has 74 valence electrons. The van der Waals surface area contributed by atoms with Crippen LogP contribution < -0.4 is 0 Å². The van der Waals surface area contributed by atoms with Gasteiger partial charge >= 0.3 is 6.98 Å². The summed E-state index contributed by atoms with van der Waals surface area (Å²) in [6, 6.07) is 7.06. The quantitative estimate of drug-likeness (QED) is 0.702. The van der Waals surface area contributed by atoms with Crippen molar-refractivity contribution >= 4 is 28.5 Å². The van der Waals surface area contributed by atoms with Gasteiger partial charge in [-0.25, -0.2) is 4.98 Å². The van der Waals surface area contributed by atoms with Crippen LogP contribution in [0.1, 0.15) is 5.01 Å². The highest BCUT2D eigenvalue weighted by molar-refractivity contribution is 7.18. The van der Waals surface area contributed by atoms with E-state index in [1.54, 1.807) is 24.3 Å². The van der Waals surface area contributed by atoms with Crippen molar-refractivity contribution in [3.05, 3.63) is 29.3 Å². The summed E-state index contributed by atoms with van der Waals surface area (Å²) >= 11 is 1.11. The minimum Gasteiger partial charge on any atom is -0.449 e. The van der Waals surface area contributed by atoms with Gasteiger partial charge in [0.25, 0.3) is 0 Å². The van der Waals surface area contributed by atoms with Crippen molar-refractivity contribution in [1.29, 1.82) is 0 Å². The van der Waals surface area contributed by atoms with Gasteiger partial charge in [-0.1, -0.05) is 12.1 Å². The Balaban J connectivity index is 2.36. The summed E-state index contributed by atoms with van der Waals surface area (Å²) in [6.45, 7) is -4.78. The van der Waals surface area contributed by atoms with Crippen LogP contribution >= 0.6 is 11.3 Å². The fourth-order valence-electron chi connectivity index (χ4n) is 1.21. The van der Waals surface area contributed by atoms with Gasteiger partial charge < -0.3 is 12.9 Å². The molecule has 0 radical (unpaired) electrons. The van der Waals surface area contributed by atoms with Crippen LogP contribution in [-0.4, -0.2) is 12.0 Å². The van der Waals surface area contributed by atoms with Gasteiger partial charge in [0, 0.05) is 0 Å². The van der Waals surface area contributed by atoms with Crippen LogP contribution in [0.25, 0.3) is 10.2 Å². The molecule has 0 atom stereocenters. The number of halogens is 3. The van der Waals surface area contributed by atoms with Crippen molar-refractivity contribution in [3.8, 4) is 0 Å². The number of fused-ring (bicyclic) bond motifs is 1. The molecule has 1 aromatic carbocycles. The van der Waals surface area contributed by atoms with Crippen molar-refractivity contribution < 1.29 is 12.9 Å². The number of hydrogen-bond acceptors (Lipinski definition) is 2. The Bertz CT molecular complexity index is 418. The van der Waals surface area contributed by atoms with E-state index in [2.05, 4.69) is 4.98 Å². The summed E-state index contributed by atoms with van der Waals surface area (Å²) in [4.78, 5) is 3.91. The Labute approximate surface area is 82.6 Å². The third kappa shape index (κ3) is 2.06. The maximum atomic E-state index is 12.1. The number of rotatable bonds is 2. The molecule has 1 aromatic heterocycles. The van der Waals surface area contributed by atoms with E-state index in [0.717, 1.165) is 16.0 Å². The van der Waals surface area contributed by atoms with E-state index in [1.165, 1.54) is 0 Å². The summed E-state index contributed by atoms with van der Waals surface area (Å²) in [5.41, 5.74) is 0.646. The zero-order valence-corrected chi connectivity index (χ0v) is 7.90. The lowest BCUT2D eigenvalue weighted by Crippen LogP contribution is -2.18. The number of benzene rings is 1. The van der Waals surface area contributed by atoms with Crippen LogP contribution in [0.2, 0.25) is 0 Å². The van der Waals surface area contributed by atoms with E-state index in [9.17, 15) is 12.9 Å². The van der Waals surface area contributed by atoms with Gasteiger partial charge in [-0.3, -0.25) is 0 Å². The number of aromatic nitrogens is 1. The van der Waals surface area contributed by atoms with Gasteiger partial charge in [0.2, 0.25) is 0 Å². The molecule has 6 heteroatoms. The molecule has 0 unspecified atom stereocenters. The molecule has 0 saturated heterocycles. The molecule has 0 amide bonds. The predicted molar refractivity (Wildman–Crippen MR) is 52.4 cm³/mol. The standard InChI is InChI=1S/C8H6BF3NS/c10-9(11,12)5-8-13-6-3-1-2-4-7(6)14-8/h1-4H,5H2/q-1. The first-order valence-electron chi connectivity index (χ1n) is 4.10. The first kappa shape index (κ1) is 9.52. The van der Waals surface area contributed by atoms with E-state index in [1.807, 2.05) is 0 Å². The zero-order chi connectivity index (χ0) is 10.2. The van der Waals surface area contributed by atoms with Crippen LogP contribution in [0, 0.1) is 0 Å². The number of para-hydroxylation sites is 1. The lowest BCUT2D eigenvalue weighted by molar-refractivity contribution is 0.468. The summed E-state index contributed by atoms with van der Waals surface area (Å²) in [5, 5.41) is 0.152. The Kier molecular flexibility index (Phi) is 2.22. The lowest BCUT2D eigenvalue weighted by Gasteiger charge is -2.09. The van der Waals surface area contributed by atoms with Gasteiger partial charge in [-0.2, -0.15) is 0 Å². The maximum absolute atomic E-state index is 12.1. The van der Waals surface area contributed by atoms with Crippen LogP contribution in [0.15, 0.2) is 24.3 Å². The second kappa shape index (κ2) is 3.27. The minimum absolute atomic E-state index is 0.152. The Morgan fingerprint density at radius 3 is 2.57 bits per heavy atom. The third-order valence-electron chi connectivity index (χ3n) is 1.74. The van der Waals surface area contributed by atoms with Gasteiger partial charge in [-0.15, -0.1) is 11.3 Å². The Hall–Kier alpha value is -1.04. The predicted octanol–water partition coefficient (Wildman–Crippen LogP) is 3.23. The Morgan fingerprint density at radius 1 is 1.21 bits per heavy atom. The van der Waals surface area contributed by atoms with Gasteiger partial charge in [0.1, 0.15) is 0 Å². The van der Waals surface area contributed by atoms with E-state index in [-0.39, 0.29) is 5.01 Å². The Morgan fingerprint density at radius 2 is 1.93 bits per heavy atom. The average molecular weight is 216 g/mol. The molecular weight excluding hydrogens is 210 g/mol. The molecule has 1 nitrogen and oxygen atoms in total. The highest BCUT2D eigenvalue weighted by Gasteiger charge is 2.25. The van der Waals surface area contributed by atoms with E-state index in [4.69, 9.17) is 0 Å². The van der Waals surface area contributed by atoms with Crippen molar-refractivity contribution in [1.82, 2.24) is 4.98 Å². The van der Waals surface area contributed by atoms with Crippen molar-refractivity contribution in [2.75, 3.05) is 0 Å². The van der Waals surface area contributed by atoms with Crippen LogP contribution in [0.4, 0.5) is 12.9 Å². The summed E-state index contributed by atoms with van der Waals surface area (Å²) < 4.78 is 37.1. The smallest absolute Gasteiger partial charge is 0.449 e. The first-order chi connectivity index (χ1) is 6.54. The van der Waals surface area contributed by atoms with Gasteiger partial charge in [0.15, 0.2) is 0 Å². The number of thiazole rings is 1. The fourth-order valence-corrected chi connectivity index (χ4v) is 2.24. The highest BCUT2D eigenvalue weighted by atomic mass is 32.1. The molecule has 0 fully saturated rings. The van der Waals surface area contributed by atoms with Crippen LogP contribution in [0.3, 0.4) is 0 Å². The largest absolute Gasteiger partial charge is 0.484 e. The van der Waals surface area contributed by atoms with Crippen LogP contribution in [0.5, 0.6) is 0 Å². The molecule has 0 aliphatic carbocycles. The molecular formula is C8H6BF3NS-. The maximum Gasteiger partial charge on any atom is 0.484 e. The number of nitrogens with zero attached hydrogens (tertiary/aromatic N) is 1. The van der Waals surface area contributed by atoms with Crippen LogP contribution in [-0.2, 0) is 6.32 Å². The summed E-state index contributed by atoms with van der Waals surface area (Å²) in [7, 11) is 0. The summed E-state index contributed by atoms with van der Waals surface area (Å²) in [6.07, 6.45) is -0.876. The molecule has 0 bridgehead atoms. The van der Waals surface area contributed by atoms with Gasteiger partial charge in [0.05, 0.1) is 15.2 Å². The molecule has 2 aromatic rings. The molecule has 0 N–H and O–H groups in total. The molecule has 2 rings (SSSR count). The molecule has 1 heterocycles. The average Bonchev–Trinajstić information content (AvgIpc) is 2.42. The fraction of sp³-hybridized carbons (Fsp3) is 0.125. The van der Waals surface area contributed by atoms with E-state index in [0.29, 0.717) is 5.52 Å². The van der Waals surface area contributed by atoms with Crippen molar-refractivity contribution in [2.24, 2.45) is 0 Å². The molecule has 0 aliphatic rings. The second-order valence-electron chi connectivity index (χ2n) is 2.99. The second-order valence-corrected chi connectivity index (χ2v) is 4.10. The zero-order valence-electron chi connectivity index (χ0n) is 7.08. The first-order valence-corrected chi connectivity index (χ1v) is 4.92.